The number of ketones is 1. The van der Waals surface area contributed by atoms with E-state index in [0.717, 1.165) is 80.4 Å². The molecule has 0 heterocycles. The second kappa shape index (κ2) is 13.5. The molecule has 0 aliphatic heterocycles. The van der Waals surface area contributed by atoms with Crippen LogP contribution in [0, 0.1) is 56.2 Å². The maximum Gasteiger partial charge on any atom is 0.309 e. The molecular weight excluding hydrogens is 672 g/mol. The Hall–Kier alpha value is -2.18. The normalized spacial score (nSPS) is 37.5. The van der Waals surface area contributed by atoms with E-state index in [1.165, 1.54) is 5.57 Å². The molecule has 0 bridgehead atoms. The molecule has 288 valence electrons. The monoisotopic (exact) mass is 736 g/mol. The summed E-state index contributed by atoms with van der Waals surface area (Å²) in [5, 5.41) is 22.6. The zero-order chi connectivity index (χ0) is 38.2. The van der Waals surface area contributed by atoms with Crippen molar-refractivity contribution in [1.29, 1.82) is 0 Å². The van der Waals surface area contributed by atoms with Gasteiger partial charge in [-0.3, -0.25) is 14.4 Å². The number of carbonyl (C=O) groups excluding carboxylic acids is 2. The third-order valence-electron chi connectivity index (χ3n) is 16.4. The first-order valence-electron chi connectivity index (χ1n) is 20.3. The molecule has 0 spiro atoms. The van der Waals surface area contributed by atoms with Crippen molar-refractivity contribution in [1.82, 2.24) is 0 Å². The van der Waals surface area contributed by atoms with Crippen LogP contribution >= 0.6 is 11.6 Å². The van der Waals surface area contributed by atoms with Gasteiger partial charge in [0.2, 0.25) is 0 Å². The molecule has 6 rings (SSSR count). The molecular formula is C45H65ClO6. The highest BCUT2D eigenvalue weighted by Gasteiger charge is 2.70. The quantitative estimate of drug-likeness (QED) is 0.232. The second-order valence-corrected chi connectivity index (χ2v) is 20.5. The van der Waals surface area contributed by atoms with Gasteiger partial charge in [-0.25, -0.2) is 0 Å². The number of esters is 1. The van der Waals surface area contributed by atoms with E-state index in [4.69, 9.17) is 16.3 Å². The predicted molar refractivity (Wildman–Crippen MR) is 206 cm³/mol. The number of Topliss-reactive ketones (excluding diaryl/α,β-unsaturated/α-hetero) is 1. The summed E-state index contributed by atoms with van der Waals surface area (Å²) in [6.07, 6.45) is 9.71. The Morgan fingerprint density at radius 1 is 0.942 bits per heavy atom. The fourth-order valence-electron chi connectivity index (χ4n) is 13.4. The van der Waals surface area contributed by atoms with E-state index in [0.29, 0.717) is 24.7 Å². The van der Waals surface area contributed by atoms with Crippen LogP contribution in [0.4, 0.5) is 0 Å². The van der Waals surface area contributed by atoms with Crippen LogP contribution in [-0.4, -0.2) is 40.1 Å². The van der Waals surface area contributed by atoms with Crippen LogP contribution < -0.4 is 0 Å². The molecule has 5 aliphatic rings. The highest BCUT2D eigenvalue weighted by atomic mass is 35.5. The van der Waals surface area contributed by atoms with E-state index < -0.39 is 28.9 Å². The maximum absolute atomic E-state index is 14.0. The number of hydrogen-bond donors (Lipinski definition) is 2. The topological polar surface area (TPSA) is 101 Å². The van der Waals surface area contributed by atoms with Crippen LogP contribution in [0.2, 0.25) is 5.02 Å². The van der Waals surface area contributed by atoms with Gasteiger partial charge < -0.3 is 14.9 Å². The highest BCUT2D eigenvalue weighted by Crippen LogP contribution is 2.77. The number of aryl methyl sites for hydroxylation is 1. The van der Waals surface area contributed by atoms with Gasteiger partial charge in [0, 0.05) is 22.3 Å². The van der Waals surface area contributed by atoms with E-state index in [1.54, 1.807) is 13.8 Å². The molecule has 1 aromatic carbocycles. The van der Waals surface area contributed by atoms with E-state index in [2.05, 4.69) is 54.5 Å². The first-order valence-corrected chi connectivity index (χ1v) is 20.7. The number of fused-ring (bicyclic) bond motifs is 7. The van der Waals surface area contributed by atoms with Crippen LogP contribution in [0.3, 0.4) is 0 Å². The average molecular weight is 737 g/mol. The first kappa shape index (κ1) is 39.5. The van der Waals surface area contributed by atoms with Crippen molar-refractivity contribution in [3.05, 3.63) is 46.0 Å². The number of carboxylic acids is 1. The number of aliphatic carboxylic acids is 1. The smallest absolute Gasteiger partial charge is 0.309 e. The fraction of sp³-hybridized carbons (Fsp3) is 0.756. The van der Waals surface area contributed by atoms with E-state index in [-0.39, 0.29) is 51.8 Å². The summed E-state index contributed by atoms with van der Waals surface area (Å²) in [7, 11) is 0. The molecule has 9 atom stereocenters. The number of carboxylic acid groups (broad SMARTS) is 1. The van der Waals surface area contributed by atoms with Crippen molar-refractivity contribution in [3.8, 4) is 0 Å². The number of carbonyl (C=O) groups is 3. The summed E-state index contributed by atoms with van der Waals surface area (Å²) in [6, 6.07) is 7.96. The number of hydrogen-bond acceptors (Lipinski definition) is 5. The largest absolute Gasteiger partial charge is 0.481 e. The first-order chi connectivity index (χ1) is 24.2. The number of rotatable bonds is 10. The number of ether oxygens (including phenoxy) is 1. The Morgan fingerprint density at radius 2 is 1.63 bits per heavy atom. The van der Waals surface area contributed by atoms with Gasteiger partial charge in [0.1, 0.15) is 6.10 Å². The Morgan fingerprint density at radius 3 is 2.29 bits per heavy atom. The van der Waals surface area contributed by atoms with Crippen molar-refractivity contribution in [2.45, 2.75) is 158 Å². The lowest BCUT2D eigenvalue weighted by atomic mass is 9.33. The Bertz CT molecular complexity index is 1620. The van der Waals surface area contributed by atoms with Crippen LogP contribution in [0.1, 0.15) is 145 Å². The van der Waals surface area contributed by atoms with E-state index in [1.807, 2.05) is 18.2 Å². The molecule has 4 saturated carbocycles. The molecule has 4 fully saturated rings. The van der Waals surface area contributed by atoms with Crippen LogP contribution in [0.5, 0.6) is 0 Å². The predicted octanol–water partition coefficient (Wildman–Crippen LogP) is 10.4. The lowest BCUT2D eigenvalue weighted by Gasteiger charge is -2.72. The van der Waals surface area contributed by atoms with Gasteiger partial charge in [-0.2, -0.15) is 0 Å². The van der Waals surface area contributed by atoms with Gasteiger partial charge in [-0.15, -0.1) is 0 Å². The van der Waals surface area contributed by atoms with Crippen molar-refractivity contribution in [2.75, 3.05) is 0 Å². The molecule has 5 aliphatic carbocycles. The number of halogens is 1. The summed E-state index contributed by atoms with van der Waals surface area (Å²) in [5.74, 6) is 0.113. The lowest BCUT2D eigenvalue weighted by Crippen LogP contribution is -2.66. The van der Waals surface area contributed by atoms with Gasteiger partial charge >= 0.3 is 11.9 Å². The molecule has 0 radical (unpaired) electrons. The standard InChI is InChI=1S/C45H65ClO6/c1-27(2)37-31(47)25-45(34(48)16-12-14-28-13-10-11-15-30(28)46)24-23-43(8)29(38(37)45)17-18-33-42(7)21-20-35(52-36(49)26-40(3,4)39(50)51)41(5,6)32(42)19-22-44(33,43)9/h10-11,13,15,27,29,32-35,48H,12,14,16-26H2,1-9H3,(H,50,51)/t29-,32+,33-,34-,35+,42+,43-,44-,45+/m1/s1. The van der Waals surface area contributed by atoms with Gasteiger partial charge in [-0.1, -0.05) is 83.8 Å². The van der Waals surface area contributed by atoms with Gasteiger partial charge in [0.05, 0.1) is 17.9 Å². The summed E-state index contributed by atoms with van der Waals surface area (Å²) < 4.78 is 6.17. The molecule has 0 amide bonds. The molecule has 6 nitrogen and oxygen atoms in total. The fourth-order valence-corrected chi connectivity index (χ4v) is 13.6. The van der Waals surface area contributed by atoms with Gasteiger partial charge in [0.25, 0.3) is 0 Å². The number of aliphatic hydroxyl groups is 1. The zero-order valence-electron chi connectivity index (χ0n) is 33.4. The molecule has 0 unspecified atom stereocenters. The van der Waals surface area contributed by atoms with E-state index in [9.17, 15) is 24.6 Å². The number of benzene rings is 1. The third-order valence-corrected chi connectivity index (χ3v) is 16.8. The number of allylic oxidation sites excluding steroid dienone is 1. The number of aliphatic hydroxyl groups excluding tert-OH is 1. The van der Waals surface area contributed by atoms with Gasteiger partial charge in [0.15, 0.2) is 5.78 Å². The second-order valence-electron chi connectivity index (χ2n) is 20.1. The maximum atomic E-state index is 14.0. The Labute approximate surface area is 317 Å². The lowest BCUT2D eigenvalue weighted by molar-refractivity contribution is -0.235. The molecule has 52 heavy (non-hydrogen) atoms. The third kappa shape index (κ3) is 6.03. The summed E-state index contributed by atoms with van der Waals surface area (Å²) in [4.78, 5) is 38.9. The van der Waals surface area contributed by atoms with Crippen molar-refractivity contribution in [2.24, 2.45) is 56.2 Å². The molecule has 2 N–H and O–H groups in total. The van der Waals surface area contributed by atoms with Crippen molar-refractivity contribution in [3.63, 3.8) is 0 Å². The summed E-state index contributed by atoms with van der Waals surface area (Å²) >= 11 is 6.48. The SMILES string of the molecule is CC(C)C1=C2[C@H]3CC[C@@H]4[C@@]5(C)CC[C@H](OC(=O)CC(C)(C)C(=O)O)C(C)(C)[C@@H]5CC[C@@]4(C)[C@]3(C)CC[C@@]2([C@H](O)CCCc2ccccc2Cl)CC1=O. The zero-order valence-corrected chi connectivity index (χ0v) is 34.1. The van der Waals surface area contributed by atoms with Crippen molar-refractivity contribution < 1.29 is 29.3 Å². The van der Waals surface area contributed by atoms with E-state index >= 15 is 0 Å². The Kier molecular flexibility index (Phi) is 10.3. The molecule has 0 saturated heterocycles. The van der Waals surface area contributed by atoms with Crippen LogP contribution in [-0.2, 0) is 25.5 Å². The average Bonchev–Trinajstić information content (AvgIpc) is 3.36. The van der Waals surface area contributed by atoms with Gasteiger partial charge in [-0.05, 0) is 142 Å². The summed E-state index contributed by atoms with van der Waals surface area (Å²) in [6.45, 7) is 19.7. The van der Waals surface area contributed by atoms with Crippen LogP contribution in [0.25, 0.3) is 0 Å². The molecule has 7 heteroatoms. The molecule has 0 aromatic heterocycles. The minimum atomic E-state index is -1.16. The highest BCUT2D eigenvalue weighted by molar-refractivity contribution is 6.31. The molecule has 1 aromatic rings. The summed E-state index contributed by atoms with van der Waals surface area (Å²) in [5.41, 5.74) is 1.69. The minimum absolute atomic E-state index is 0.000641. The van der Waals surface area contributed by atoms with Crippen molar-refractivity contribution >= 4 is 29.3 Å². The Balaban J connectivity index is 1.26. The minimum Gasteiger partial charge on any atom is -0.481 e. The van der Waals surface area contributed by atoms with Crippen LogP contribution in [0.15, 0.2) is 35.4 Å².